The molecule has 10 heteroatoms. The molecule has 1 saturated heterocycles. The molecule has 2 heterocycles. The van der Waals surface area contributed by atoms with Crippen LogP contribution in [-0.4, -0.2) is 42.8 Å². The van der Waals surface area contributed by atoms with Gasteiger partial charge in [0, 0.05) is 17.2 Å². The van der Waals surface area contributed by atoms with E-state index in [1.54, 1.807) is 31.5 Å². The molecule has 1 aromatic carbocycles. The molecule has 1 aliphatic rings. The van der Waals surface area contributed by atoms with Crippen molar-refractivity contribution < 1.29 is 23.9 Å². The number of nitrogens with zero attached hydrogens (tertiary/aromatic N) is 1. The van der Waals surface area contributed by atoms with Crippen molar-refractivity contribution in [1.29, 1.82) is 0 Å². The Labute approximate surface area is 175 Å². The quantitative estimate of drug-likeness (QED) is 0.315. The molecule has 0 bridgehead atoms. The summed E-state index contributed by atoms with van der Waals surface area (Å²) < 4.78 is 10.3. The number of benzene rings is 1. The highest BCUT2D eigenvalue weighted by atomic mass is 32.1. The Balaban J connectivity index is 1.97. The van der Waals surface area contributed by atoms with Crippen LogP contribution < -0.4 is 15.4 Å². The third-order valence-corrected chi connectivity index (χ3v) is 5.12. The Morgan fingerprint density at radius 3 is 2.48 bits per heavy atom. The normalized spacial score (nSPS) is 14.6. The van der Waals surface area contributed by atoms with Gasteiger partial charge in [-0.2, -0.15) is 0 Å². The second-order valence-electron chi connectivity index (χ2n) is 5.84. The summed E-state index contributed by atoms with van der Waals surface area (Å²) in [5, 5.41) is 6.79. The van der Waals surface area contributed by atoms with Crippen molar-refractivity contribution in [3.63, 3.8) is 0 Å². The van der Waals surface area contributed by atoms with E-state index in [-0.39, 0.29) is 17.3 Å². The summed E-state index contributed by atoms with van der Waals surface area (Å²) in [6, 6.07) is 7.20. The number of hydrogen-bond acceptors (Lipinski definition) is 8. The standard InChI is InChI=1S/C19H17N3O5S2/c1-3-27-18(25)14-13(10-4-6-11(26-2)7-5-10)9-29-17(14)20-8-12-15(23)21-19(28)22-16(12)24/h4-9,12H,3H2,1-2H3,(H2,21,22,23,24,28). The van der Waals surface area contributed by atoms with Gasteiger partial charge in [-0.05, 0) is 36.8 Å². The van der Waals surface area contributed by atoms with Crippen LogP contribution in [0.25, 0.3) is 11.1 Å². The van der Waals surface area contributed by atoms with E-state index >= 15 is 0 Å². The van der Waals surface area contributed by atoms with Gasteiger partial charge < -0.3 is 20.1 Å². The molecule has 2 aromatic rings. The Morgan fingerprint density at radius 2 is 1.90 bits per heavy atom. The first-order valence-corrected chi connectivity index (χ1v) is 9.86. The molecule has 0 radical (unpaired) electrons. The van der Waals surface area contributed by atoms with Gasteiger partial charge in [0.2, 0.25) is 11.8 Å². The predicted octanol–water partition coefficient (Wildman–Crippen LogP) is 2.45. The van der Waals surface area contributed by atoms with E-state index in [9.17, 15) is 14.4 Å². The second-order valence-corrected chi connectivity index (χ2v) is 7.11. The number of aliphatic imine (C=N–C) groups is 1. The highest BCUT2D eigenvalue weighted by Crippen LogP contribution is 2.38. The summed E-state index contributed by atoms with van der Waals surface area (Å²) in [5.41, 5.74) is 1.69. The lowest BCUT2D eigenvalue weighted by molar-refractivity contribution is -0.131. The van der Waals surface area contributed by atoms with Crippen LogP contribution in [0.15, 0.2) is 34.6 Å². The minimum absolute atomic E-state index is 0.0465. The van der Waals surface area contributed by atoms with Crippen LogP contribution in [-0.2, 0) is 14.3 Å². The minimum atomic E-state index is -1.15. The van der Waals surface area contributed by atoms with E-state index in [0.717, 1.165) is 5.56 Å². The van der Waals surface area contributed by atoms with Gasteiger partial charge in [-0.25, -0.2) is 9.79 Å². The number of nitrogens with one attached hydrogen (secondary N) is 2. The van der Waals surface area contributed by atoms with Crippen LogP contribution in [0.3, 0.4) is 0 Å². The molecular weight excluding hydrogens is 414 g/mol. The van der Waals surface area contributed by atoms with Crippen molar-refractivity contribution in [2.24, 2.45) is 10.9 Å². The maximum atomic E-state index is 12.6. The molecule has 0 saturated carbocycles. The van der Waals surface area contributed by atoms with Crippen LogP contribution in [0.4, 0.5) is 5.00 Å². The zero-order chi connectivity index (χ0) is 21.0. The monoisotopic (exact) mass is 431 g/mol. The molecule has 3 rings (SSSR count). The zero-order valence-electron chi connectivity index (χ0n) is 15.6. The van der Waals surface area contributed by atoms with Crippen molar-refractivity contribution in [3.8, 4) is 16.9 Å². The number of thiocarbonyl (C=S) groups is 1. The van der Waals surface area contributed by atoms with E-state index in [1.165, 1.54) is 17.6 Å². The van der Waals surface area contributed by atoms with Gasteiger partial charge in [-0.15, -0.1) is 11.3 Å². The highest BCUT2D eigenvalue weighted by Gasteiger charge is 2.31. The number of hydrogen-bond donors (Lipinski definition) is 2. The number of methoxy groups -OCH3 is 1. The number of rotatable bonds is 6. The smallest absolute Gasteiger partial charge is 0.341 e. The number of thiophene rings is 1. The molecule has 1 aromatic heterocycles. The fourth-order valence-electron chi connectivity index (χ4n) is 2.63. The van der Waals surface area contributed by atoms with Crippen LogP contribution >= 0.6 is 23.6 Å². The maximum Gasteiger partial charge on any atom is 0.341 e. The first kappa shape index (κ1) is 20.6. The van der Waals surface area contributed by atoms with Crippen molar-refractivity contribution in [3.05, 3.63) is 35.2 Å². The summed E-state index contributed by atoms with van der Waals surface area (Å²) in [6.45, 7) is 1.91. The molecular formula is C19H17N3O5S2. The van der Waals surface area contributed by atoms with Crippen LogP contribution in [0, 0.1) is 5.92 Å². The Bertz CT molecular complexity index is 978. The van der Waals surface area contributed by atoms with E-state index < -0.39 is 23.7 Å². The number of carbonyl (C=O) groups excluding carboxylic acids is 3. The summed E-state index contributed by atoms with van der Waals surface area (Å²) in [4.78, 5) is 40.8. The lowest BCUT2D eigenvalue weighted by atomic mass is 10.0. The van der Waals surface area contributed by atoms with Gasteiger partial charge in [0.1, 0.15) is 16.3 Å². The SMILES string of the molecule is CCOC(=O)c1c(-c2ccc(OC)cc2)csc1N=CC1C(=O)NC(=S)NC1=O. The topological polar surface area (TPSA) is 106 Å². The molecule has 2 N–H and O–H groups in total. The predicted molar refractivity (Wildman–Crippen MR) is 113 cm³/mol. The Hall–Kier alpha value is -3.11. The number of carbonyl (C=O) groups is 3. The fraction of sp³-hybridized carbons (Fsp3) is 0.211. The molecule has 1 aliphatic heterocycles. The first-order chi connectivity index (χ1) is 13.9. The zero-order valence-corrected chi connectivity index (χ0v) is 17.2. The third kappa shape index (κ3) is 4.49. The van der Waals surface area contributed by atoms with Gasteiger partial charge in [0.05, 0.1) is 13.7 Å². The Morgan fingerprint density at radius 1 is 1.24 bits per heavy atom. The van der Waals surface area contributed by atoms with E-state index in [4.69, 9.17) is 21.7 Å². The average Bonchev–Trinajstić information content (AvgIpc) is 3.11. The summed E-state index contributed by atoms with van der Waals surface area (Å²) in [7, 11) is 1.57. The molecule has 0 spiro atoms. The Kier molecular flexibility index (Phi) is 6.35. The van der Waals surface area contributed by atoms with Gasteiger partial charge in [-0.3, -0.25) is 9.59 Å². The van der Waals surface area contributed by atoms with Gasteiger partial charge in [-0.1, -0.05) is 12.1 Å². The molecule has 29 heavy (non-hydrogen) atoms. The van der Waals surface area contributed by atoms with Gasteiger partial charge in [0.25, 0.3) is 0 Å². The molecule has 1 fully saturated rings. The number of amides is 2. The van der Waals surface area contributed by atoms with Crippen LogP contribution in [0.1, 0.15) is 17.3 Å². The first-order valence-electron chi connectivity index (χ1n) is 8.57. The third-order valence-electron chi connectivity index (χ3n) is 4.03. The van der Waals surface area contributed by atoms with E-state index in [2.05, 4.69) is 15.6 Å². The molecule has 2 amide bonds. The molecule has 150 valence electrons. The molecule has 0 atom stereocenters. The van der Waals surface area contributed by atoms with Gasteiger partial charge in [0.15, 0.2) is 11.0 Å². The molecule has 8 nitrogen and oxygen atoms in total. The fourth-order valence-corrected chi connectivity index (χ4v) is 3.75. The number of esters is 1. The maximum absolute atomic E-state index is 12.6. The summed E-state index contributed by atoms with van der Waals surface area (Å²) in [5.74, 6) is -2.15. The average molecular weight is 431 g/mol. The van der Waals surface area contributed by atoms with Crippen molar-refractivity contribution >= 4 is 57.7 Å². The van der Waals surface area contributed by atoms with Crippen molar-refractivity contribution in [2.75, 3.05) is 13.7 Å². The van der Waals surface area contributed by atoms with Gasteiger partial charge >= 0.3 is 5.97 Å². The minimum Gasteiger partial charge on any atom is -0.497 e. The van der Waals surface area contributed by atoms with E-state index in [0.29, 0.717) is 16.3 Å². The van der Waals surface area contributed by atoms with Crippen molar-refractivity contribution in [2.45, 2.75) is 6.92 Å². The molecule has 0 aliphatic carbocycles. The van der Waals surface area contributed by atoms with Crippen LogP contribution in [0.5, 0.6) is 5.75 Å². The van der Waals surface area contributed by atoms with Crippen LogP contribution in [0.2, 0.25) is 0 Å². The van der Waals surface area contributed by atoms with Crippen molar-refractivity contribution in [1.82, 2.24) is 10.6 Å². The number of ether oxygens (including phenoxy) is 2. The van der Waals surface area contributed by atoms with E-state index in [1.807, 2.05) is 12.1 Å². The highest BCUT2D eigenvalue weighted by molar-refractivity contribution is 7.80. The lowest BCUT2D eigenvalue weighted by Crippen LogP contribution is -2.56. The lowest BCUT2D eigenvalue weighted by Gasteiger charge is -2.19. The second kappa shape index (κ2) is 8.93. The summed E-state index contributed by atoms with van der Waals surface area (Å²) in [6.07, 6.45) is 1.19. The summed E-state index contributed by atoms with van der Waals surface area (Å²) >= 11 is 5.98. The molecule has 0 unspecified atom stereocenters. The largest absolute Gasteiger partial charge is 0.497 e.